The third-order valence-electron chi connectivity index (χ3n) is 12.4. The molecule has 1 saturated heterocycles. The number of carbonyl (C=O) groups is 4. The molecule has 0 aromatic carbocycles. The van der Waals surface area contributed by atoms with Crippen molar-refractivity contribution in [1.29, 1.82) is 0 Å². The number of carboxylic acid groups (broad SMARTS) is 1. The van der Waals surface area contributed by atoms with Gasteiger partial charge in [0.1, 0.15) is 18.8 Å². The summed E-state index contributed by atoms with van der Waals surface area (Å²) >= 11 is 0. The molecule has 79 heavy (non-hydrogen) atoms. The average molecular weight is 1100 g/mol. The summed E-state index contributed by atoms with van der Waals surface area (Å²) in [6.07, 6.45) is 64.1. The number of carboxylic acids is 1. The molecule has 0 bridgehead atoms. The van der Waals surface area contributed by atoms with E-state index in [4.69, 9.17) is 23.7 Å². The number of aliphatic carboxylic acids is 1. The molecule has 442 valence electrons. The number of aliphatic hydroxyl groups excluding tert-OH is 2. The molecule has 6 atom stereocenters. The zero-order valence-electron chi connectivity index (χ0n) is 48.5. The highest BCUT2D eigenvalue weighted by Crippen LogP contribution is 2.26. The van der Waals surface area contributed by atoms with E-state index in [9.17, 15) is 34.5 Å². The van der Waals surface area contributed by atoms with E-state index in [1.807, 2.05) is 12.2 Å². The molecule has 1 fully saturated rings. The SMILES string of the molecule is CC/C=C\C/C=C\C/C=C\C/C=C\C/C=C\C/C=C\CCC(=O)OCC(COC1OC(C(=O)O)C(O)C(O)C1OC(=O)CCCCCCC/C=C\CCCC)OC(=O)CCCCC/C=C\C/C=C\C/C=C\C/C=C\C/C=C\CC. The predicted molar refractivity (Wildman–Crippen MR) is 321 cm³/mol. The minimum Gasteiger partial charge on any atom is -0.479 e. The van der Waals surface area contributed by atoms with Crippen LogP contribution in [0.2, 0.25) is 0 Å². The monoisotopic (exact) mass is 1100 g/mol. The minimum absolute atomic E-state index is 0.0302. The van der Waals surface area contributed by atoms with Crippen LogP contribution in [0.4, 0.5) is 0 Å². The highest BCUT2D eigenvalue weighted by Gasteiger charge is 2.50. The van der Waals surface area contributed by atoms with Gasteiger partial charge in [-0.05, 0) is 122 Å². The van der Waals surface area contributed by atoms with E-state index in [1.54, 1.807) is 0 Å². The maximum absolute atomic E-state index is 13.2. The van der Waals surface area contributed by atoms with Gasteiger partial charge < -0.3 is 39.0 Å². The van der Waals surface area contributed by atoms with Crippen molar-refractivity contribution < 1.29 is 58.2 Å². The summed E-state index contributed by atoms with van der Waals surface area (Å²) in [5, 5.41) is 31.4. The van der Waals surface area contributed by atoms with Gasteiger partial charge in [0.2, 0.25) is 0 Å². The summed E-state index contributed by atoms with van der Waals surface area (Å²) in [5.74, 6) is -3.31. The van der Waals surface area contributed by atoms with Crippen LogP contribution in [0.5, 0.6) is 0 Å². The number of hydrogen-bond donors (Lipinski definition) is 3. The molecule has 0 amide bonds. The van der Waals surface area contributed by atoms with E-state index in [2.05, 4.69) is 154 Å². The minimum atomic E-state index is -1.93. The van der Waals surface area contributed by atoms with Crippen LogP contribution in [-0.4, -0.2) is 89.2 Å². The highest BCUT2D eigenvalue weighted by atomic mass is 16.7. The molecule has 0 spiro atoms. The fourth-order valence-electron chi connectivity index (χ4n) is 7.87. The van der Waals surface area contributed by atoms with Gasteiger partial charge in [-0.2, -0.15) is 0 Å². The van der Waals surface area contributed by atoms with Crippen LogP contribution in [0.15, 0.2) is 146 Å². The van der Waals surface area contributed by atoms with E-state index in [1.165, 1.54) is 12.8 Å². The molecule has 0 aliphatic carbocycles. The van der Waals surface area contributed by atoms with Gasteiger partial charge >= 0.3 is 23.9 Å². The Morgan fingerprint density at radius 2 is 0.823 bits per heavy atom. The number of hydrogen-bond acceptors (Lipinski definition) is 11. The quantitative estimate of drug-likeness (QED) is 0.0228. The summed E-state index contributed by atoms with van der Waals surface area (Å²) in [5.41, 5.74) is 0. The number of aliphatic hydroxyl groups is 2. The van der Waals surface area contributed by atoms with Crippen LogP contribution in [-0.2, 0) is 42.9 Å². The fraction of sp³-hybridized carbons (Fsp3) is 0.582. The first kappa shape index (κ1) is 71.6. The first-order valence-electron chi connectivity index (χ1n) is 29.8. The fourth-order valence-corrected chi connectivity index (χ4v) is 7.87. The van der Waals surface area contributed by atoms with Crippen molar-refractivity contribution in [2.45, 2.75) is 237 Å². The Balaban J connectivity index is 2.77. The topological polar surface area (TPSA) is 175 Å². The van der Waals surface area contributed by atoms with Crippen molar-refractivity contribution in [3.63, 3.8) is 0 Å². The molecule has 1 aliphatic rings. The van der Waals surface area contributed by atoms with Gasteiger partial charge in [0.25, 0.3) is 0 Å². The molecule has 6 unspecified atom stereocenters. The molecule has 3 N–H and O–H groups in total. The smallest absolute Gasteiger partial charge is 0.335 e. The first-order valence-corrected chi connectivity index (χ1v) is 29.8. The summed E-state index contributed by atoms with van der Waals surface area (Å²) in [4.78, 5) is 51.1. The molecule has 1 heterocycles. The Morgan fingerprint density at radius 3 is 1.29 bits per heavy atom. The summed E-state index contributed by atoms with van der Waals surface area (Å²) in [6, 6.07) is 0. The number of esters is 3. The Hall–Kier alpha value is -5.40. The Labute approximate surface area is 476 Å². The Bertz CT molecular complexity index is 1930. The first-order chi connectivity index (χ1) is 38.6. The molecule has 1 aliphatic heterocycles. The van der Waals surface area contributed by atoms with Crippen molar-refractivity contribution >= 4 is 23.9 Å². The van der Waals surface area contributed by atoms with E-state index >= 15 is 0 Å². The normalized spacial score (nSPS) is 18.9. The lowest BCUT2D eigenvalue weighted by Gasteiger charge is -2.40. The van der Waals surface area contributed by atoms with E-state index < -0.39 is 67.3 Å². The lowest BCUT2D eigenvalue weighted by molar-refractivity contribution is -0.301. The average Bonchev–Trinajstić information content (AvgIpc) is 3.47. The number of carbonyl (C=O) groups excluding carboxylic acids is 3. The number of ether oxygens (including phenoxy) is 5. The predicted octanol–water partition coefficient (Wildman–Crippen LogP) is 15.6. The van der Waals surface area contributed by atoms with Gasteiger partial charge in [0.05, 0.1) is 6.61 Å². The molecular weight excluding hydrogens is 997 g/mol. The Morgan fingerprint density at radius 1 is 0.430 bits per heavy atom. The molecular formula is C67H102O12. The maximum Gasteiger partial charge on any atom is 0.335 e. The van der Waals surface area contributed by atoms with Crippen LogP contribution in [0, 0.1) is 0 Å². The maximum atomic E-state index is 13.2. The highest BCUT2D eigenvalue weighted by molar-refractivity contribution is 5.74. The van der Waals surface area contributed by atoms with E-state index in [-0.39, 0.29) is 25.9 Å². The van der Waals surface area contributed by atoms with Crippen LogP contribution >= 0.6 is 0 Å². The number of allylic oxidation sites excluding steroid dienone is 24. The van der Waals surface area contributed by atoms with Gasteiger partial charge in [0, 0.05) is 19.3 Å². The zero-order valence-corrected chi connectivity index (χ0v) is 48.5. The van der Waals surface area contributed by atoms with Gasteiger partial charge in [0.15, 0.2) is 24.6 Å². The third kappa shape index (κ3) is 43.1. The second kappa shape index (κ2) is 53.3. The summed E-state index contributed by atoms with van der Waals surface area (Å²) in [7, 11) is 0. The van der Waals surface area contributed by atoms with Gasteiger partial charge in [-0.25, -0.2) is 4.79 Å². The lowest BCUT2D eigenvalue weighted by atomic mass is 9.98. The molecule has 0 aromatic rings. The summed E-state index contributed by atoms with van der Waals surface area (Å²) in [6.45, 7) is 5.60. The van der Waals surface area contributed by atoms with Crippen molar-refractivity contribution in [3.05, 3.63) is 146 Å². The lowest BCUT2D eigenvalue weighted by Crippen LogP contribution is -2.61. The molecule has 0 radical (unpaired) electrons. The van der Waals surface area contributed by atoms with Crippen molar-refractivity contribution in [1.82, 2.24) is 0 Å². The largest absolute Gasteiger partial charge is 0.479 e. The molecule has 0 aromatic heterocycles. The second-order valence-corrected chi connectivity index (χ2v) is 19.5. The summed E-state index contributed by atoms with van der Waals surface area (Å²) < 4.78 is 28.3. The molecule has 0 saturated carbocycles. The van der Waals surface area contributed by atoms with Gasteiger partial charge in [-0.1, -0.05) is 205 Å². The molecule has 12 nitrogen and oxygen atoms in total. The van der Waals surface area contributed by atoms with Crippen molar-refractivity contribution in [2.24, 2.45) is 0 Å². The van der Waals surface area contributed by atoms with Crippen LogP contribution < -0.4 is 0 Å². The number of rotatable bonds is 48. The van der Waals surface area contributed by atoms with E-state index in [0.717, 1.165) is 122 Å². The van der Waals surface area contributed by atoms with E-state index in [0.29, 0.717) is 25.7 Å². The number of unbranched alkanes of at least 4 members (excludes halogenated alkanes) is 10. The van der Waals surface area contributed by atoms with Gasteiger partial charge in [-0.15, -0.1) is 0 Å². The molecule has 12 heteroatoms. The van der Waals surface area contributed by atoms with Crippen LogP contribution in [0.3, 0.4) is 0 Å². The van der Waals surface area contributed by atoms with Crippen LogP contribution in [0.25, 0.3) is 0 Å². The third-order valence-corrected chi connectivity index (χ3v) is 12.4. The standard InChI is InChI=1S/C67H102O12/c1-4-7-10-13-16-19-22-24-26-28-30-32-34-36-39-41-44-47-50-53-59(68)75-56-58(77-60(69)54-51-48-45-43-40-37-35-33-31-29-27-25-23-20-17-14-11-8-5-2)57-76-67-65(63(72)62(71)64(79-67)66(73)74)78-61(70)55-52-49-46-42-38-21-18-15-12-9-6-3/h7-8,10-11,15-20,24-27,30-33,36-37,39-40,44,47,58,62-65,67,71-72H,4-6,9,12-14,21-23,28-29,34-35,38,41-43,45-46,48-57H2,1-3H3,(H,73,74)/b10-7-,11-8-,18-15-,19-16-,20-17-,26-24-,27-25-,32-30-,33-31-,39-36-,40-37-,47-44-. The van der Waals surface area contributed by atoms with Crippen LogP contribution in [0.1, 0.15) is 201 Å². The second-order valence-electron chi connectivity index (χ2n) is 19.5. The van der Waals surface area contributed by atoms with Crippen molar-refractivity contribution in [3.8, 4) is 0 Å². The molecule has 1 rings (SSSR count). The zero-order chi connectivity index (χ0) is 57.5. The Kier molecular flexibility index (Phi) is 48.3. The van der Waals surface area contributed by atoms with Gasteiger partial charge in [-0.3, -0.25) is 14.4 Å². The van der Waals surface area contributed by atoms with Crippen molar-refractivity contribution in [2.75, 3.05) is 13.2 Å².